The van der Waals surface area contributed by atoms with Crippen molar-refractivity contribution in [2.24, 2.45) is 0 Å². The lowest BCUT2D eigenvalue weighted by Crippen LogP contribution is -2.33. The van der Waals surface area contributed by atoms with Crippen LogP contribution in [-0.4, -0.2) is 30.3 Å². The Bertz CT molecular complexity index is 854. The summed E-state index contributed by atoms with van der Waals surface area (Å²) in [5.74, 6) is 1.30. The summed E-state index contributed by atoms with van der Waals surface area (Å²) in [5.41, 5.74) is 1.70. The number of carbonyl (C=O) groups excluding carboxylic acids is 2. The fourth-order valence-corrected chi connectivity index (χ4v) is 3.70. The molecule has 0 saturated heterocycles. The van der Waals surface area contributed by atoms with Crippen LogP contribution in [0.4, 0.5) is 5.69 Å². The van der Waals surface area contributed by atoms with Gasteiger partial charge in [-0.25, -0.2) is 0 Å². The van der Waals surface area contributed by atoms with E-state index in [-0.39, 0.29) is 23.1 Å². The number of hydrogen-bond donors (Lipinski definition) is 2. The third-order valence-electron chi connectivity index (χ3n) is 4.28. The number of amides is 2. The molecule has 0 radical (unpaired) electrons. The van der Waals surface area contributed by atoms with Crippen LogP contribution in [0.15, 0.2) is 47.4 Å². The minimum absolute atomic E-state index is 0.0432. The van der Waals surface area contributed by atoms with Crippen molar-refractivity contribution in [3.05, 3.63) is 48.0 Å². The molecule has 2 amide bonds. The van der Waals surface area contributed by atoms with Crippen LogP contribution < -0.4 is 20.1 Å². The summed E-state index contributed by atoms with van der Waals surface area (Å²) >= 11 is 1.47. The number of fused-ring (bicyclic) bond motifs is 1. The summed E-state index contributed by atoms with van der Waals surface area (Å²) in [6.07, 6.45) is 0. The second kappa shape index (κ2) is 9.01. The average Bonchev–Trinajstić information content (AvgIpc) is 2.68. The summed E-state index contributed by atoms with van der Waals surface area (Å²) in [4.78, 5) is 24.6. The molecule has 0 aromatic heterocycles. The number of nitrogens with one attached hydrogen (secondary N) is 2. The van der Waals surface area contributed by atoms with Crippen LogP contribution in [0.25, 0.3) is 0 Å². The van der Waals surface area contributed by atoms with Crippen molar-refractivity contribution in [2.75, 3.05) is 18.5 Å². The van der Waals surface area contributed by atoms with Crippen LogP contribution in [0.5, 0.6) is 11.5 Å². The van der Waals surface area contributed by atoms with Gasteiger partial charge < -0.3 is 20.1 Å². The molecule has 0 fully saturated rings. The lowest BCUT2D eigenvalue weighted by molar-refractivity contribution is -0.121. The molecule has 2 unspecified atom stereocenters. The van der Waals surface area contributed by atoms with Gasteiger partial charge in [0, 0.05) is 17.5 Å². The third-order valence-corrected chi connectivity index (χ3v) is 5.39. The first kappa shape index (κ1) is 20.1. The molecule has 6 nitrogen and oxygen atoms in total. The van der Waals surface area contributed by atoms with Crippen molar-refractivity contribution < 1.29 is 19.1 Å². The molecule has 2 aromatic rings. The third kappa shape index (κ3) is 5.19. The van der Waals surface area contributed by atoms with Crippen LogP contribution in [0.1, 0.15) is 32.4 Å². The van der Waals surface area contributed by atoms with Gasteiger partial charge in [0.25, 0.3) is 0 Å². The molecule has 3 rings (SSSR count). The Morgan fingerprint density at radius 3 is 2.36 bits per heavy atom. The molecule has 1 aliphatic heterocycles. The van der Waals surface area contributed by atoms with Gasteiger partial charge in [0.1, 0.15) is 13.2 Å². The lowest BCUT2D eigenvalue weighted by Gasteiger charge is -2.22. The van der Waals surface area contributed by atoms with Gasteiger partial charge in [-0.2, -0.15) is 0 Å². The first-order chi connectivity index (χ1) is 13.4. The number of thioether (sulfide) groups is 1. The molecule has 7 heteroatoms. The zero-order valence-corrected chi connectivity index (χ0v) is 17.0. The van der Waals surface area contributed by atoms with Gasteiger partial charge in [0.05, 0.1) is 11.3 Å². The second-order valence-electron chi connectivity index (χ2n) is 6.60. The largest absolute Gasteiger partial charge is 0.486 e. The summed E-state index contributed by atoms with van der Waals surface area (Å²) in [6, 6.07) is 13.0. The van der Waals surface area contributed by atoms with Gasteiger partial charge in [-0.3, -0.25) is 9.59 Å². The van der Waals surface area contributed by atoms with E-state index in [0.717, 1.165) is 21.9 Å². The molecule has 0 spiro atoms. The van der Waals surface area contributed by atoms with E-state index in [9.17, 15) is 9.59 Å². The van der Waals surface area contributed by atoms with Gasteiger partial charge in [-0.1, -0.05) is 6.07 Å². The van der Waals surface area contributed by atoms with Gasteiger partial charge in [-0.05, 0) is 55.8 Å². The average molecular weight is 401 g/mol. The molecular formula is C21H24N2O4S. The maximum Gasteiger partial charge on any atom is 0.233 e. The van der Waals surface area contributed by atoms with Crippen molar-refractivity contribution in [2.45, 2.75) is 37.0 Å². The van der Waals surface area contributed by atoms with E-state index in [1.807, 2.05) is 56.3 Å². The standard InChI is InChI=1S/C21H24N2O4S/c1-13(16-4-9-19-20(12-16)27-11-10-26-19)22-21(25)14(2)28-18-7-5-17(6-8-18)23-15(3)24/h4-9,12-14H,10-11H2,1-3H3,(H,22,25)(H,23,24). The predicted octanol–water partition coefficient (Wildman–Crippen LogP) is 3.77. The Hall–Kier alpha value is -2.67. The smallest absolute Gasteiger partial charge is 0.233 e. The Balaban J connectivity index is 1.56. The lowest BCUT2D eigenvalue weighted by atomic mass is 10.1. The number of anilines is 1. The van der Waals surface area contributed by atoms with Gasteiger partial charge in [-0.15, -0.1) is 11.8 Å². The van der Waals surface area contributed by atoms with Crippen LogP contribution in [0.2, 0.25) is 0 Å². The van der Waals surface area contributed by atoms with Gasteiger partial charge >= 0.3 is 0 Å². The summed E-state index contributed by atoms with van der Waals surface area (Å²) in [5, 5.41) is 5.52. The van der Waals surface area contributed by atoms with Crippen LogP contribution in [0.3, 0.4) is 0 Å². The molecule has 2 atom stereocenters. The summed E-state index contributed by atoms with van der Waals surface area (Å²) in [7, 11) is 0. The molecule has 0 bridgehead atoms. The second-order valence-corrected chi connectivity index (χ2v) is 8.01. The van der Waals surface area contributed by atoms with Crippen LogP contribution >= 0.6 is 11.8 Å². The minimum atomic E-state index is -0.258. The molecule has 1 aliphatic rings. The highest BCUT2D eigenvalue weighted by atomic mass is 32.2. The normalized spacial score (nSPS) is 14.7. The number of rotatable bonds is 6. The quantitative estimate of drug-likeness (QED) is 0.722. The Kier molecular flexibility index (Phi) is 6.46. The van der Waals surface area contributed by atoms with E-state index in [2.05, 4.69) is 10.6 Å². The molecule has 0 aliphatic carbocycles. The van der Waals surface area contributed by atoms with E-state index in [0.29, 0.717) is 19.0 Å². The molecular weight excluding hydrogens is 376 g/mol. The fraction of sp³-hybridized carbons (Fsp3) is 0.333. The summed E-state index contributed by atoms with van der Waals surface area (Å²) in [6.45, 7) is 6.38. The van der Waals surface area contributed by atoms with Crippen LogP contribution in [-0.2, 0) is 9.59 Å². The van der Waals surface area contributed by atoms with Gasteiger partial charge in [0.15, 0.2) is 11.5 Å². The molecule has 1 heterocycles. The molecule has 2 N–H and O–H groups in total. The molecule has 2 aromatic carbocycles. The molecule has 0 saturated carbocycles. The zero-order valence-electron chi connectivity index (χ0n) is 16.2. The Morgan fingerprint density at radius 1 is 1.00 bits per heavy atom. The summed E-state index contributed by atoms with van der Waals surface area (Å²) < 4.78 is 11.1. The molecule has 148 valence electrons. The first-order valence-corrected chi connectivity index (χ1v) is 10.0. The highest BCUT2D eigenvalue weighted by Crippen LogP contribution is 2.33. The van der Waals surface area contributed by atoms with E-state index >= 15 is 0 Å². The van der Waals surface area contributed by atoms with E-state index in [1.54, 1.807) is 0 Å². The first-order valence-electron chi connectivity index (χ1n) is 9.16. The van der Waals surface area contributed by atoms with E-state index in [4.69, 9.17) is 9.47 Å². The molecule has 28 heavy (non-hydrogen) atoms. The monoisotopic (exact) mass is 400 g/mol. The van der Waals surface area contributed by atoms with Crippen molar-refractivity contribution in [3.8, 4) is 11.5 Å². The Labute approximate surface area is 169 Å². The zero-order chi connectivity index (χ0) is 20.1. The van der Waals surface area contributed by atoms with E-state index in [1.165, 1.54) is 18.7 Å². The maximum absolute atomic E-state index is 12.6. The minimum Gasteiger partial charge on any atom is -0.486 e. The SMILES string of the molecule is CC(=O)Nc1ccc(SC(C)C(=O)NC(C)c2ccc3c(c2)OCCO3)cc1. The van der Waals surface area contributed by atoms with Crippen molar-refractivity contribution in [3.63, 3.8) is 0 Å². The number of benzene rings is 2. The number of ether oxygens (including phenoxy) is 2. The van der Waals surface area contributed by atoms with Gasteiger partial charge in [0.2, 0.25) is 11.8 Å². The topological polar surface area (TPSA) is 76.7 Å². The number of carbonyl (C=O) groups is 2. The maximum atomic E-state index is 12.6. The Morgan fingerprint density at radius 2 is 1.68 bits per heavy atom. The van der Waals surface area contributed by atoms with Crippen molar-refractivity contribution in [1.29, 1.82) is 0 Å². The van der Waals surface area contributed by atoms with Crippen molar-refractivity contribution >= 4 is 29.3 Å². The predicted molar refractivity (Wildman–Crippen MR) is 110 cm³/mol. The highest BCUT2D eigenvalue weighted by Gasteiger charge is 2.19. The highest BCUT2D eigenvalue weighted by molar-refractivity contribution is 8.00. The van der Waals surface area contributed by atoms with Crippen molar-refractivity contribution in [1.82, 2.24) is 5.32 Å². The van der Waals surface area contributed by atoms with Crippen LogP contribution in [0, 0.1) is 0 Å². The number of hydrogen-bond acceptors (Lipinski definition) is 5. The fourth-order valence-electron chi connectivity index (χ4n) is 2.82. The van der Waals surface area contributed by atoms with E-state index < -0.39 is 0 Å².